The highest BCUT2D eigenvalue weighted by molar-refractivity contribution is 5.37. The SMILES string of the molecule is CCCNC1CC(c2ccc(C)cc2C)C1(C)CC. The third-order valence-corrected chi connectivity index (χ3v) is 5.27. The highest BCUT2D eigenvalue weighted by atomic mass is 15.0. The van der Waals surface area contributed by atoms with Crippen molar-refractivity contribution in [3.8, 4) is 0 Å². The van der Waals surface area contributed by atoms with Gasteiger partial charge in [-0.2, -0.15) is 0 Å². The van der Waals surface area contributed by atoms with Gasteiger partial charge < -0.3 is 5.32 Å². The Morgan fingerprint density at radius 2 is 2.00 bits per heavy atom. The third-order valence-electron chi connectivity index (χ3n) is 5.27. The summed E-state index contributed by atoms with van der Waals surface area (Å²) in [7, 11) is 0. The molecule has 3 unspecified atom stereocenters. The molecule has 106 valence electrons. The minimum atomic E-state index is 0.426. The van der Waals surface area contributed by atoms with E-state index in [9.17, 15) is 0 Å². The lowest BCUT2D eigenvalue weighted by Gasteiger charge is -2.55. The first-order valence-electron chi connectivity index (χ1n) is 7.83. The Morgan fingerprint density at radius 1 is 1.26 bits per heavy atom. The average molecular weight is 259 g/mol. The van der Waals surface area contributed by atoms with Gasteiger partial charge in [0, 0.05) is 6.04 Å². The fraction of sp³-hybridized carbons (Fsp3) is 0.667. The Kier molecular flexibility index (Phi) is 4.35. The second-order valence-corrected chi connectivity index (χ2v) is 6.51. The van der Waals surface area contributed by atoms with Gasteiger partial charge in [-0.05, 0) is 62.1 Å². The molecule has 1 heteroatoms. The van der Waals surface area contributed by atoms with Gasteiger partial charge in [-0.3, -0.25) is 0 Å². The zero-order valence-electron chi connectivity index (χ0n) is 13.2. The summed E-state index contributed by atoms with van der Waals surface area (Å²) in [5.74, 6) is 0.729. The maximum Gasteiger partial charge on any atom is 0.0133 e. The van der Waals surface area contributed by atoms with Crippen LogP contribution in [0.25, 0.3) is 0 Å². The van der Waals surface area contributed by atoms with E-state index in [1.54, 1.807) is 5.56 Å². The number of aryl methyl sites for hydroxylation is 2. The van der Waals surface area contributed by atoms with Crippen molar-refractivity contribution in [3.05, 3.63) is 34.9 Å². The van der Waals surface area contributed by atoms with Crippen LogP contribution < -0.4 is 5.32 Å². The molecule has 0 amide bonds. The summed E-state index contributed by atoms with van der Waals surface area (Å²) in [6.07, 6.45) is 3.78. The molecule has 1 saturated carbocycles. The summed E-state index contributed by atoms with van der Waals surface area (Å²) in [6, 6.07) is 7.66. The number of benzene rings is 1. The monoisotopic (exact) mass is 259 g/mol. The maximum atomic E-state index is 3.74. The first-order valence-corrected chi connectivity index (χ1v) is 7.83. The molecule has 1 nitrogen and oxygen atoms in total. The molecule has 0 aliphatic heterocycles. The van der Waals surface area contributed by atoms with Crippen LogP contribution in [0.1, 0.15) is 62.6 Å². The van der Waals surface area contributed by atoms with Crippen LogP contribution in [-0.4, -0.2) is 12.6 Å². The van der Waals surface area contributed by atoms with Gasteiger partial charge in [-0.1, -0.05) is 44.5 Å². The van der Waals surface area contributed by atoms with Crippen molar-refractivity contribution in [3.63, 3.8) is 0 Å². The predicted molar refractivity (Wildman–Crippen MR) is 83.8 cm³/mol. The fourth-order valence-electron chi connectivity index (χ4n) is 3.68. The smallest absolute Gasteiger partial charge is 0.0133 e. The van der Waals surface area contributed by atoms with E-state index in [1.807, 2.05) is 0 Å². The lowest BCUT2D eigenvalue weighted by atomic mass is 9.53. The molecule has 3 atom stereocenters. The van der Waals surface area contributed by atoms with Gasteiger partial charge in [0.25, 0.3) is 0 Å². The van der Waals surface area contributed by atoms with E-state index in [1.165, 1.54) is 30.4 Å². The van der Waals surface area contributed by atoms with Crippen LogP contribution in [0, 0.1) is 19.3 Å². The summed E-state index contributed by atoms with van der Waals surface area (Å²) in [5.41, 5.74) is 4.84. The second-order valence-electron chi connectivity index (χ2n) is 6.51. The lowest BCUT2D eigenvalue weighted by Crippen LogP contribution is -2.57. The molecule has 0 saturated heterocycles. The molecule has 19 heavy (non-hydrogen) atoms. The maximum absolute atomic E-state index is 3.74. The minimum Gasteiger partial charge on any atom is -0.313 e. The summed E-state index contributed by atoms with van der Waals surface area (Å²) in [6.45, 7) is 12.7. The van der Waals surface area contributed by atoms with E-state index in [0.29, 0.717) is 11.5 Å². The molecule has 0 aromatic heterocycles. The Morgan fingerprint density at radius 3 is 2.58 bits per heavy atom. The Bertz CT molecular complexity index is 437. The minimum absolute atomic E-state index is 0.426. The van der Waals surface area contributed by atoms with E-state index >= 15 is 0 Å². The van der Waals surface area contributed by atoms with Crippen molar-refractivity contribution in [1.29, 1.82) is 0 Å². The van der Waals surface area contributed by atoms with Gasteiger partial charge in [0.05, 0.1) is 0 Å². The van der Waals surface area contributed by atoms with Crippen LogP contribution >= 0.6 is 0 Å². The molecule has 0 spiro atoms. The zero-order chi connectivity index (χ0) is 14.0. The van der Waals surface area contributed by atoms with Crippen LogP contribution in [0.15, 0.2) is 18.2 Å². The summed E-state index contributed by atoms with van der Waals surface area (Å²) in [4.78, 5) is 0. The van der Waals surface area contributed by atoms with E-state index in [4.69, 9.17) is 0 Å². The van der Waals surface area contributed by atoms with E-state index in [-0.39, 0.29) is 0 Å². The van der Waals surface area contributed by atoms with Crippen molar-refractivity contribution >= 4 is 0 Å². The largest absolute Gasteiger partial charge is 0.313 e. The molecule has 1 aromatic rings. The molecule has 1 aromatic carbocycles. The van der Waals surface area contributed by atoms with E-state index < -0.39 is 0 Å². The first-order chi connectivity index (χ1) is 9.02. The fourth-order valence-corrected chi connectivity index (χ4v) is 3.68. The molecular weight excluding hydrogens is 230 g/mol. The Hall–Kier alpha value is -0.820. The molecular formula is C18H29N. The zero-order valence-corrected chi connectivity index (χ0v) is 13.2. The second kappa shape index (κ2) is 5.66. The van der Waals surface area contributed by atoms with Gasteiger partial charge in [0.2, 0.25) is 0 Å². The highest BCUT2D eigenvalue weighted by Crippen LogP contribution is 2.55. The highest BCUT2D eigenvalue weighted by Gasteiger charge is 2.50. The lowest BCUT2D eigenvalue weighted by molar-refractivity contribution is 0.0442. The predicted octanol–water partition coefficient (Wildman–Crippen LogP) is 4.58. The van der Waals surface area contributed by atoms with Gasteiger partial charge in [-0.15, -0.1) is 0 Å². The molecule has 0 heterocycles. The number of nitrogens with one attached hydrogen (secondary N) is 1. The van der Waals surface area contributed by atoms with E-state index in [0.717, 1.165) is 12.5 Å². The van der Waals surface area contributed by atoms with Gasteiger partial charge >= 0.3 is 0 Å². The molecule has 0 radical (unpaired) electrons. The van der Waals surface area contributed by atoms with Crippen LogP contribution in [-0.2, 0) is 0 Å². The summed E-state index contributed by atoms with van der Waals surface area (Å²) in [5, 5.41) is 3.74. The molecule has 0 bridgehead atoms. The van der Waals surface area contributed by atoms with Crippen LogP contribution in [0.4, 0.5) is 0 Å². The van der Waals surface area contributed by atoms with Crippen LogP contribution in [0.5, 0.6) is 0 Å². The quantitative estimate of drug-likeness (QED) is 0.816. The molecule has 1 aliphatic rings. The standard InChI is InChI=1S/C18H29N/c1-6-10-19-17-12-16(18(17,5)7-2)15-9-8-13(3)11-14(15)4/h8-9,11,16-17,19H,6-7,10,12H2,1-5H3. The van der Waals surface area contributed by atoms with Crippen molar-refractivity contribution in [2.45, 2.75) is 65.8 Å². The molecule has 1 fully saturated rings. The topological polar surface area (TPSA) is 12.0 Å². The summed E-state index contributed by atoms with van der Waals surface area (Å²) < 4.78 is 0. The average Bonchev–Trinajstić information content (AvgIpc) is 2.38. The Labute approximate surface area is 118 Å². The normalized spacial score (nSPS) is 30.2. The Balaban J connectivity index is 2.18. The van der Waals surface area contributed by atoms with Gasteiger partial charge in [0.15, 0.2) is 0 Å². The number of hydrogen-bond acceptors (Lipinski definition) is 1. The van der Waals surface area contributed by atoms with Crippen LogP contribution in [0.3, 0.4) is 0 Å². The summed E-state index contributed by atoms with van der Waals surface area (Å²) >= 11 is 0. The van der Waals surface area contributed by atoms with Crippen molar-refractivity contribution in [2.75, 3.05) is 6.54 Å². The number of hydrogen-bond donors (Lipinski definition) is 1. The van der Waals surface area contributed by atoms with Crippen LogP contribution in [0.2, 0.25) is 0 Å². The molecule has 1 N–H and O–H groups in total. The first kappa shape index (κ1) is 14.6. The van der Waals surface area contributed by atoms with Crippen molar-refractivity contribution in [2.24, 2.45) is 5.41 Å². The third kappa shape index (κ3) is 2.58. The molecule has 2 rings (SSSR count). The van der Waals surface area contributed by atoms with Gasteiger partial charge in [-0.25, -0.2) is 0 Å². The van der Waals surface area contributed by atoms with Crippen molar-refractivity contribution < 1.29 is 0 Å². The molecule has 1 aliphatic carbocycles. The van der Waals surface area contributed by atoms with E-state index in [2.05, 4.69) is 58.1 Å². The van der Waals surface area contributed by atoms with Gasteiger partial charge in [0.1, 0.15) is 0 Å². The number of rotatable bonds is 5. The van der Waals surface area contributed by atoms with Crippen molar-refractivity contribution in [1.82, 2.24) is 5.32 Å².